The lowest BCUT2D eigenvalue weighted by Crippen LogP contribution is -2.54. The molecular weight excluding hydrogens is 300 g/mol. The van der Waals surface area contributed by atoms with E-state index < -0.39 is 0 Å². The minimum absolute atomic E-state index is 0.0146. The van der Waals surface area contributed by atoms with E-state index in [-0.39, 0.29) is 17.5 Å². The van der Waals surface area contributed by atoms with Gasteiger partial charge in [-0.15, -0.1) is 0 Å². The van der Waals surface area contributed by atoms with Crippen LogP contribution in [-0.4, -0.2) is 17.9 Å². The summed E-state index contributed by atoms with van der Waals surface area (Å²) in [6.45, 7) is 6.30. The molecule has 0 amide bonds. The van der Waals surface area contributed by atoms with E-state index in [9.17, 15) is 9.59 Å². The molecule has 0 radical (unpaired) electrons. The van der Waals surface area contributed by atoms with Gasteiger partial charge in [-0.25, -0.2) is 0 Å². The molecule has 24 heavy (non-hydrogen) atoms. The molecule has 0 N–H and O–H groups in total. The topological polar surface area (TPSA) is 43.4 Å². The van der Waals surface area contributed by atoms with E-state index >= 15 is 0 Å². The quantitative estimate of drug-likeness (QED) is 0.663. The number of hydrogen-bond donors (Lipinski definition) is 0. The Morgan fingerprint density at radius 2 is 1.83 bits per heavy atom. The fourth-order valence-corrected chi connectivity index (χ4v) is 7.33. The Bertz CT molecular complexity index is 555. The highest BCUT2D eigenvalue weighted by atomic mass is 16.5. The molecule has 4 rings (SSSR count). The molecule has 0 saturated heterocycles. The van der Waals surface area contributed by atoms with Crippen LogP contribution in [0.15, 0.2) is 0 Å². The van der Waals surface area contributed by atoms with E-state index in [4.69, 9.17) is 4.74 Å². The second kappa shape index (κ2) is 5.57. The lowest BCUT2D eigenvalue weighted by molar-refractivity contribution is -0.160. The Morgan fingerprint density at radius 1 is 1.04 bits per heavy atom. The first-order valence-electron chi connectivity index (χ1n) is 10.0. The summed E-state index contributed by atoms with van der Waals surface area (Å²) in [7, 11) is 0. The number of hydrogen-bond acceptors (Lipinski definition) is 3. The smallest absolute Gasteiger partial charge is 0.302 e. The first-order valence-corrected chi connectivity index (χ1v) is 10.0. The van der Waals surface area contributed by atoms with E-state index in [1.807, 2.05) is 0 Å². The van der Waals surface area contributed by atoms with Crippen molar-refractivity contribution in [3.63, 3.8) is 0 Å². The first-order chi connectivity index (χ1) is 11.3. The standard InChI is InChI=1S/C21H32O3/c1-13(22)24-15-8-10-20(2)14(12-15)4-5-16-17-6-7-19(23)21(17,3)11-9-18(16)20/h14-18H,4-12H2,1-3H3/t14-,15?,16?,17?,18?,20+,21-/m0/s1. The molecule has 7 atom stereocenters. The van der Waals surface area contributed by atoms with Crippen LogP contribution >= 0.6 is 0 Å². The van der Waals surface area contributed by atoms with Crippen molar-refractivity contribution in [3.05, 3.63) is 0 Å². The molecule has 4 unspecified atom stereocenters. The molecular formula is C21H32O3. The molecule has 134 valence electrons. The summed E-state index contributed by atoms with van der Waals surface area (Å²) in [5.74, 6) is 3.26. The highest BCUT2D eigenvalue weighted by Gasteiger charge is 2.60. The molecule has 0 heterocycles. The molecule has 0 aromatic heterocycles. The zero-order valence-electron chi connectivity index (χ0n) is 15.5. The molecule has 3 nitrogen and oxygen atoms in total. The molecule has 4 aliphatic carbocycles. The summed E-state index contributed by atoms with van der Waals surface area (Å²) < 4.78 is 5.54. The first kappa shape index (κ1) is 16.6. The number of rotatable bonds is 1. The van der Waals surface area contributed by atoms with Gasteiger partial charge in [0.1, 0.15) is 11.9 Å². The summed E-state index contributed by atoms with van der Waals surface area (Å²) in [6.07, 6.45) is 10.2. The number of fused-ring (bicyclic) bond motifs is 5. The zero-order valence-corrected chi connectivity index (χ0v) is 15.5. The lowest BCUT2D eigenvalue weighted by Gasteiger charge is -2.60. The Labute approximate surface area is 145 Å². The van der Waals surface area contributed by atoms with Crippen molar-refractivity contribution < 1.29 is 14.3 Å². The van der Waals surface area contributed by atoms with Gasteiger partial charge in [-0.1, -0.05) is 13.8 Å². The summed E-state index contributed by atoms with van der Waals surface area (Å²) in [5, 5.41) is 0. The number of carbonyl (C=O) groups excluding carboxylic acids is 2. The predicted octanol–water partition coefficient (Wildman–Crippen LogP) is 4.53. The summed E-state index contributed by atoms with van der Waals surface area (Å²) >= 11 is 0. The van der Waals surface area contributed by atoms with Crippen molar-refractivity contribution in [2.75, 3.05) is 0 Å². The SMILES string of the molecule is CC(=O)OC1CC[C@@]2(C)C3CC[C@]4(C)C(=O)CCC4C3CC[C@H]2C1. The highest BCUT2D eigenvalue weighted by Crippen LogP contribution is 2.65. The fourth-order valence-electron chi connectivity index (χ4n) is 7.33. The van der Waals surface area contributed by atoms with E-state index in [1.54, 1.807) is 0 Å². The van der Waals surface area contributed by atoms with Crippen LogP contribution in [0.3, 0.4) is 0 Å². The third kappa shape index (κ3) is 2.29. The van der Waals surface area contributed by atoms with Crippen molar-refractivity contribution in [2.45, 2.75) is 84.7 Å². The van der Waals surface area contributed by atoms with E-state index in [0.29, 0.717) is 23.0 Å². The van der Waals surface area contributed by atoms with Crippen molar-refractivity contribution in [2.24, 2.45) is 34.5 Å². The molecule has 4 aliphatic rings. The van der Waals surface area contributed by atoms with Gasteiger partial charge in [0.25, 0.3) is 0 Å². The molecule has 3 heteroatoms. The summed E-state index contributed by atoms with van der Waals surface area (Å²) in [4.78, 5) is 23.8. The van der Waals surface area contributed by atoms with Crippen molar-refractivity contribution in [1.29, 1.82) is 0 Å². The van der Waals surface area contributed by atoms with Crippen LogP contribution in [0.4, 0.5) is 0 Å². The van der Waals surface area contributed by atoms with E-state index in [1.165, 1.54) is 32.6 Å². The fraction of sp³-hybridized carbons (Fsp3) is 0.905. The third-order valence-electron chi connectivity index (χ3n) is 8.66. The average molecular weight is 332 g/mol. The molecule has 0 aromatic rings. The predicted molar refractivity (Wildman–Crippen MR) is 92.3 cm³/mol. The van der Waals surface area contributed by atoms with Crippen LogP contribution in [0.2, 0.25) is 0 Å². The minimum Gasteiger partial charge on any atom is -0.463 e. The van der Waals surface area contributed by atoms with Crippen molar-refractivity contribution in [3.8, 4) is 0 Å². The number of carbonyl (C=O) groups is 2. The Hall–Kier alpha value is -0.860. The van der Waals surface area contributed by atoms with E-state index in [2.05, 4.69) is 13.8 Å². The molecule has 0 aliphatic heterocycles. The maximum absolute atomic E-state index is 12.5. The minimum atomic E-state index is -0.129. The summed E-state index contributed by atoms with van der Waals surface area (Å²) in [5.41, 5.74) is 0.381. The molecule has 4 saturated carbocycles. The normalized spacial score (nSPS) is 50.6. The van der Waals surface area contributed by atoms with Gasteiger partial charge in [-0.2, -0.15) is 0 Å². The second-order valence-electron chi connectivity index (χ2n) is 9.58. The van der Waals surface area contributed by atoms with Crippen LogP contribution in [0.5, 0.6) is 0 Å². The van der Waals surface area contributed by atoms with Gasteiger partial charge in [0.15, 0.2) is 0 Å². The number of ketones is 1. The van der Waals surface area contributed by atoms with Crippen LogP contribution in [0.25, 0.3) is 0 Å². The lowest BCUT2D eigenvalue weighted by atomic mass is 9.45. The Kier molecular flexibility index (Phi) is 3.85. The van der Waals surface area contributed by atoms with Crippen LogP contribution in [-0.2, 0) is 14.3 Å². The molecule has 4 fully saturated rings. The zero-order chi connectivity index (χ0) is 17.1. The number of ether oxygens (including phenoxy) is 1. The van der Waals surface area contributed by atoms with Gasteiger partial charge < -0.3 is 4.74 Å². The Balaban J connectivity index is 1.54. The number of Topliss-reactive ketones (excluding diaryl/α,β-unsaturated/α-hetero) is 1. The van der Waals surface area contributed by atoms with Crippen LogP contribution in [0.1, 0.15) is 78.6 Å². The number of esters is 1. The van der Waals surface area contributed by atoms with Gasteiger partial charge in [-0.3, -0.25) is 9.59 Å². The van der Waals surface area contributed by atoms with Crippen molar-refractivity contribution in [1.82, 2.24) is 0 Å². The largest absolute Gasteiger partial charge is 0.463 e. The van der Waals surface area contributed by atoms with Crippen molar-refractivity contribution >= 4 is 11.8 Å². The second-order valence-corrected chi connectivity index (χ2v) is 9.58. The van der Waals surface area contributed by atoms with Gasteiger partial charge >= 0.3 is 5.97 Å². The van der Waals surface area contributed by atoms with Gasteiger partial charge in [0, 0.05) is 18.8 Å². The van der Waals surface area contributed by atoms with Gasteiger partial charge in [0.2, 0.25) is 0 Å². The van der Waals surface area contributed by atoms with E-state index in [0.717, 1.165) is 43.9 Å². The third-order valence-corrected chi connectivity index (χ3v) is 8.66. The molecule has 0 bridgehead atoms. The summed E-state index contributed by atoms with van der Waals surface area (Å²) in [6, 6.07) is 0. The van der Waals surface area contributed by atoms with Gasteiger partial charge in [0.05, 0.1) is 0 Å². The maximum atomic E-state index is 12.5. The Morgan fingerprint density at radius 3 is 2.58 bits per heavy atom. The molecule has 0 spiro atoms. The van der Waals surface area contributed by atoms with Crippen LogP contribution in [0, 0.1) is 34.5 Å². The van der Waals surface area contributed by atoms with Gasteiger partial charge in [-0.05, 0) is 80.5 Å². The maximum Gasteiger partial charge on any atom is 0.302 e. The molecule has 0 aromatic carbocycles. The monoisotopic (exact) mass is 332 g/mol. The highest BCUT2D eigenvalue weighted by molar-refractivity contribution is 5.87. The van der Waals surface area contributed by atoms with Crippen LogP contribution < -0.4 is 0 Å². The average Bonchev–Trinajstić information content (AvgIpc) is 2.83.